The maximum Gasteiger partial charge on any atom is 0.187 e. The molecule has 2 unspecified atom stereocenters. The quantitative estimate of drug-likeness (QED) is 0.719. The molecule has 0 saturated carbocycles. The van der Waals surface area contributed by atoms with Crippen molar-refractivity contribution in [1.29, 1.82) is 0 Å². The van der Waals surface area contributed by atoms with Gasteiger partial charge in [0.15, 0.2) is 5.79 Å². The van der Waals surface area contributed by atoms with Crippen LogP contribution in [0, 0.1) is 0 Å². The number of likely N-dealkylation sites (N-methyl/N-ethyl adjacent to an activating group) is 1. The van der Waals surface area contributed by atoms with Crippen LogP contribution in [0.2, 0.25) is 0 Å². The van der Waals surface area contributed by atoms with Gasteiger partial charge in [-0.2, -0.15) is 0 Å². The van der Waals surface area contributed by atoms with Gasteiger partial charge in [0.05, 0.1) is 19.1 Å². The van der Waals surface area contributed by atoms with Crippen LogP contribution in [0.25, 0.3) is 0 Å². The summed E-state index contributed by atoms with van der Waals surface area (Å²) in [7, 11) is 3.57. The van der Waals surface area contributed by atoms with Crippen molar-refractivity contribution in [2.24, 2.45) is 0 Å². The van der Waals surface area contributed by atoms with E-state index < -0.39 is 5.79 Å². The van der Waals surface area contributed by atoms with Crippen LogP contribution in [-0.4, -0.2) is 54.2 Å². The molecule has 0 bridgehead atoms. The number of benzene rings is 1. The highest BCUT2D eigenvalue weighted by Crippen LogP contribution is 2.43. The number of hydrogen-bond acceptors (Lipinski definition) is 5. The zero-order valence-electron chi connectivity index (χ0n) is 12.0. The van der Waals surface area contributed by atoms with E-state index in [1.807, 2.05) is 30.1 Å². The van der Waals surface area contributed by atoms with Crippen LogP contribution in [0.15, 0.2) is 18.2 Å². The van der Waals surface area contributed by atoms with Gasteiger partial charge in [-0.15, -0.1) is 0 Å². The summed E-state index contributed by atoms with van der Waals surface area (Å²) in [5, 5.41) is 24.7. The first-order valence-corrected chi connectivity index (χ1v) is 7.11. The van der Waals surface area contributed by atoms with E-state index in [0.717, 1.165) is 36.4 Å². The summed E-state index contributed by atoms with van der Waals surface area (Å²) >= 11 is 0. The molecule has 2 heterocycles. The maximum atomic E-state index is 10.7. The number of ether oxygens (including phenoxy) is 1. The van der Waals surface area contributed by atoms with E-state index in [9.17, 15) is 10.2 Å². The second-order valence-corrected chi connectivity index (χ2v) is 5.81. The number of nitrogens with one attached hydrogen (secondary N) is 1. The maximum absolute atomic E-state index is 10.7. The summed E-state index contributed by atoms with van der Waals surface area (Å²) < 4.78 is 5.25. The number of anilines is 1. The number of likely N-dealkylation sites (tertiary alicyclic amines) is 1. The minimum absolute atomic E-state index is 0.216. The van der Waals surface area contributed by atoms with Crippen molar-refractivity contribution in [3.63, 3.8) is 0 Å². The Morgan fingerprint density at radius 3 is 2.85 bits per heavy atom. The molecule has 110 valence electrons. The topological polar surface area (TPSA) is 65.0 Å². The monoisotopic (exact) mass is 278 g/mol. The summed E-state index contributed by atoms with van der Waals surface area (Å²) in [6.07, 6.45) is 1.83. The predicted molar refractivity (Wildman–Crippen MR) is 77.0 cm³/mol. The zero-order valence-corrected chi connectivity index (χ0v) is 12.0. The predicted octanol–water partition coefficient (Wildman–Crippen LogP) is 0.979. The summed E-state index contributed by atoms with van der Waals surface area (Å²) in [5.41, 5.74) is 1.89. The number of hydrogen-bond donors (Lipinski definition) is 3. The molecule has 0 aliphatic carbocycles. The fourth-order valence-corrected chi connectivity index (χ4v) is 3.50. The van der Waals surface area contributed by atoms with E-state index in [1.54, 1.807) is 7.11 Å². The van der Waals surface area contributed by atoms with Gasteiger partial charge in [-0.1, -0.05) is 0 Å². The third-order valence-electron chi connectivity index (χ3n) is 4.65. The lowest BCUT2D eigenvalue weighted by atomic mass is 9.86. The third kappa shape index (κ3) is 2.06. The first-order chi connectivity index (χ1) is 9.54. The van der Waals surface area contributed by atoms with Crippen molar-refractivity contribution in [1.82, 2.24) is 4.90 Å². The Kier molecular flexibility index (Phi) is 3.36. The highest BCUT2D eigenvalue weighted by atomic mass is 16.5. The molecule has 2 atom stereocenters. The van der Waals surface area contributed by atoms with Crippen molar-refractivity contribution >= 4 is 5.69 Å². The minimum atomic E-state index is -1.73. The smallest absolute Gasteiger partial charge is 0.187 e. The van der Waals surface area contributed by atoms with Crippen molar-refractivity contribution in [3.05, 3.63) is 23.8 Å². The molecular weight excluding hydrogens is 256 g/mol. The van der Waals surface area contributed by atoms with Gasteiger partial charge >= 0.3 is 0 Å². The molecule has 0 spiro atoms. The highest BCUT2D eigenvalue weighted by Gasteiger charge is 2.48. The fourth-order valence-electron chi connectivity index (χ4n) is 3.50. The van der Waals surface area contributed by atoms with Crippen LogP contribution >= 0.6 is 0 Å². The van der Waals surface area contributed by atoms with Gasteiger partial charge in [0, 0.05) is 12.2 Å². The van der Waals surface area contributed by atoms with Crippen molar-refractivity contribution in [2.75, 3.05) is 32.6 Å². The lowest BCUT2D eigenvalue weighted by Crippen LogP contribution is -2.53. The molecule has 0 amide bonds. The Morgan fingerprint density at radius 1 is 1.40 bits per heavy atom. The molecule has 1 fully saturated rings. The summed E-state index contributed by atoms with van der Waals surface area (Å²) in [5.74, 6) is -1.32. The first kappa shape index (κ1) is 13.7. The van der Waals surface area contributed by atoms with Gasteiger partial charge < -0.3 is 20.3 Å². The van der Waals surface area contributed by atoms with Crippen LogP contribution in [0.1, 0.15) is 24.3 Å². The van der Waals surface area contributed by atoms with Gasteiger partial charge in [-0.3, -0.25) is 4.90 Å². The largest absolute Gasteiger partial charge is 0.497 e. The lowest BCUT2D eigenvalue weighted by molar-refractivity contribution is -0.211. The molecule has 1 saturated heterocycles. The Bertz CT molecular complexity index is 504. The van der Waals surface area contributed by atoms with E-state index in [-0.39, 0.29) is 12.0 Å². The Labute approximate surface area is 119 Å². The van der Waals surface area contributed by atoms with Gasteiger partial charge in [0.25, 0.3) is 0 Å². The van der Waals surface area contributed by atoms with Crippen molar-refractivity contribution in [3.8, 4) is 5.75 Å². The molecule has 2 aliphatic rings. The minimum Gasteiger partial charge on any atom is -0.497 e. The molecule has 0 aromatic heterocycles. The zero-order chi connectivity index (χ0) is 14.3. The van der Waals surface area contributed by atoms with E-state index in [4.69, 9.17) is 4.74 Å². The standard InChI is InChI=1S/C15H22N2O3/c1-17-7-3-4-14(17)15(18,19)12-9-16-13-6-5-10(20-2)8-11(12)13/h5-6,8,12,14,16,18-19H,3-4,7,9H2,1-2H3. The van der Waals surface area contributed by atoms with E-state index in [0.29, 0.717) is 6.54 Å². The molecule has 20 heavy (non-hydrogen) atoms. The molecule has 2 aliphatic heterocycles. The van der Waals surface area contributed by atoms with Crippen molar-refractivity contribution in [2.45, 2.75) is 30.6 Å². The molecule has 1 aromatic carbocycles. The Morgan fingerprint density at radius 2 is 2.20 bits per heavy atom. The molecule has 3 rings (SSSR count). The van der Waals surface area contributed by atoms with Gasteiger partial charge in [-0.05, 0) is 50.2 Å². The molecule has 3 N–H and O–H groups in total. The molecular formula is C15H22N2O3. The normalized spacial score (nSPS) is 26.4. The summed E-state index contributed by atoms with van der Waals surface area (Å²) in [6, 6.07) is 5.50. The molecule has 0 radical (unpaired) electrons. The number of rotatable bonds is 3. The van der Waals surface area contributed by atoms with Crippen LogP contribution in [0.3, 0.4) is 0 Å². The van der Waals surface area contributed by atoms with Crippen LogP contribution in [-0.2, 0) is 0 Å². The van der Waals surface area contributed by atoms with Gasteiger partial charge in [-0.25, -0.2) is 0 Å². The highest BCUT2D eigenvalue weighted by molar-refractivity contribution is 5.61. The van der Waals surface area contributed by atoms with Crippen molar-refractivity contribution < 1.29 is 14.9 Å². The molecule has 5 heteroatoms. The first-order valence-electron chi connectivity index (χ1n) is 7.11. The van der Waals surface area contributed by atoms with Gasteiger partial charge in [0.2, 0.25) is 0 Å². The summed E-state index contributed by atoms with van der Waals surface area (Å²) in [6.45, 7) is 1.46. The average molecular weight is 278 g/mol. The molecule has 1 aromatic rings. The second-order valence-electron chi connectivity index (χ2n) is 5.81. The lowest BCUT2D eigenvalue weighted by Gasteiger charge is -2.37. The van der Waals surface area contributed by atoms with Gasteiger partial charge in [0.1, 0.15) is 5.75 Å². The van der Waals surface area contributed by atoms with E-state index in [2.05, 4.69) is 5.32 Å². The van der Waals surface area contributed by atoms with Crippen LogP contribution < -0.4 is 10.1 Å². The SMILES string of the molecule is COc1ccc2c(c1)C(C(O)(O)C1CCCN1C)CN2. The third-order valence-corrected chi connectivity index (χ3v) is 4.65. The molecule has 5 nitrogen and oxygen atoms in total. The number of aliphatic hydroxyl groups is 2. The van der Waals surface area contributed by atoms with Crippen LogP contribution in [0.5, 0.6) is 5.75 Å². The second kappa shape index (κ2) is 4.91. The number of fused-ring (bicyclic) bond motifs is 1. The Balaban J connectivity index is 1.93. The van der Waals surface area contributed by atoms with Crippen LogP contribution in [0.4, 0.5) is 5.69 Å². The average Bonchev–Trinajstić information content (AvgIpc) is 3.04. The Hall–Kier alpha value is -1.30. The van der Waals surface area contributed by atoms with E-state index >= 15 is 0 Å². The number of nitrogens with zero attached hydrogens (tertiary/aromatic N) is 1. The van der Waals surface area contributed by atoms with E-state index in [1.165, 1.54) is 0 Å². The fraction of sp³-hybridized carbons (Fsp3) is 0.600. The number of methoxy groups -OCH3 is 1. The summed E-state index contributed by atoms with van der Waals surface area (Å²) in [4.78, 5) is 2.04.